The summed E-state index contributed by atoms with van der Waals surface area (Å²) in [6.45, 7) is 5.45. The molecule has 0 aliphatic carbocycles. The molecule has 1 atom stereocenters. The van der Waals surface area contributed by atoms with E-state index in [4.69, 9.17) is 5.84 Å². The highest BCUT2D eigenvalue weighted by atomic mass is 16.3. The summed E-state index contributed by atoms with van der Waals surface area (Å²) in [5.74, 6) is 4.80. The molecule has 1 rings (SSSR count). The van der Waals surface area contributed by atoms with Gasteiger partial charge in [0.05, 0.1) is 12.5 Å². The summed E-state index contributed by atoms with van der Waals surface area (Å²) in [4.78, 5) is 14.3. The van der Waals surface area contributed by atoms with Gasteiger partial charge in [0.15, 0.2) is 0 Å². The first-order chi connectivity index (χ1) is 10.2. The highest BCUT2D eigenvalue weighted by Crippen LogP contribution is 2.20. The van der Waals surface area contributed by atoms with Gasteiger partial charge in [0.25, 0.3) is 0 Å². The largest absolute Gasteiger partial charge is 0.395 e. The zero-order chi connectivity index (χ0) is 15.7. The zero-order valence-electron chi connectivity index (χ0n) is 13.0. The number of nitrogens with two attached hydrogens (primary N) is 1. The van der Waals surface area contributed by atoms with Crippen LogP contribution in [-0.2, 0) is 4.79 Å². The van der Waals surface area contributed by atoms with Crippen molar-refractivity contribution in [3.63, 3.8) is 0 Å². The van der Waals surface area contributed by atoms with Crippen LogP contribution in [0.4, 0.5) is 0 Å². The van der Waals surface area contributed by atoms with E-state index in [0.717, 1.165) is 18.4 Å². The standard InChI is InChI=1S/C16H27N3O2/c1-3-14(4-2)19(10-11-20)12-15(16(21)18-17)13-8-6-5-7-9-13/h5-9,14-15,20H,3-4,10-12,17H2,1-2H3,(H,18,21). The van der Waals surface area contributed by atoms with Gasteiger partial charge in [-0.1, -0.05) is 44.2 Å². The topological polar surface area (TPSA) is 78.6 Å². The number of benzene rings is 1. The molecule has 0 bridgehead atoms. The molecule has 0 radical (unpaired) electrons. The third kappa shape index (κ3) is 5.12. The summed E-state index contributed by atoms with van der Waals surface area (Å²) in [6.07, 6.45) is 1.98. The van der Waals surface area contributed by atoms with Crippen LogP contribution in [-0.4, -0.2) is 41.7 Å². The van der Waals surface area contributed by atoms with Crippen molar-refractivity contribution in [2.24, 2.45) is 5.84 Å². The Kier molecular flexibility index (Phi) is 7.97. The van der Waals surface area contributed by atoms with Gasteiger partial charge in [-0.05, 0) is 18.4 Å². The number of carbonyl (C=O) groups excluding carboxylic acids is 1. The molecular formula is C16H27N3O2. The lowest BCUT2D eigenvalue weighted by Crippen LogP contribution is -2.44. The Balaban J connectivity index is 2.95. The first-order valence-electron chi connectivity index (χ1n) is 7.58. The molecule has 5 heteroatoms. The van der Waals surface area contributed by atoms with Gasteiger partial charge in [0.2, 0.25) is 5.91 Å². The summed E-state index contributed by atoms with van der Waals surface area (Å²) in [5, 5.41) is 9.29. The molecular weight excluding hydrogens is 266 g/mol. The summed E-state index contributed by atoms with van der Waals surface area (Å²) >= 11 is 0. The van der Waals surface area contributed by atoms with Gasteiger partial charge in [-0.25, -0.2) is 5.84 Å². The molecule has 0 aliphatic heterocycles. The molecule has 1 aromatic carbocycles. The Morgan fingerprint density at radius 3 is 2.38 bits per heavy atom. The summed E-state index contributed by atoms with van der Waals surface area (Å²) in [7, 11) is 0. The highest BCUT2D eigenvalue weighted by Gasteiger charge is 2.25. The molecule has 5 nitrogen and oxygen atoms in total. The van der Waals surface area contributed by atoms with E-state index < -0.39 is 0 Å². The van der Waals surface area contributed by atoms with Crippen molar-refractivity contribution in [1.29, 1.82) is 0 Å². The van der Waals surface area contributed by atoms with Gasteiger partial charge in [0.1, 0.15) is 0 Å². The molecule has 21 heavy (non-hydrogen) atoms. The van der Waals surface area contributed by atoms with E-state index in [2.05, 4.69) is 24.2 Å². The van der Waals surface area contributed by atoms with Crippen LogP contribution in [0.1, 0.15) is 38.2 Å². The van der Waals surface area contributed by atoms with Gasteiger partial charge in [0, 0.05) is 19.1 Å². The number of nitrogens with one attached hydrogen (secondary N) is 1. The maximum absolute atomic E-state index is 12.1. The second kappa shape index (κ2) is 9.50. The number of rotatable bonds is 9. The molecule has 0 spiro atoms. The van der Waals surface area contributed by atoms with Crippen LogP contribution in [0.3, 0.4) is 0 Å². The predicted octanol–water partition coefficient (Wildman–Crippen LogP) is 1.24. The van der Waals surface area contributed by atoms with Gasteiger partial charge >= 0.3 is 0 Å². The molecule has 1 unspecified atom stereocenters. The number of hydrogen-bond acceptors (Lipinski definition) is 4. The zero-order valence-corrected chi connectivity index (χ0v) is 13.0. The van der Waals surface area contributed by atoms with E-state index in [-0.39, 0.29) is 18.4 Å². The predicted molar refractivity (Wildman–Crippen MR) is 84.5 cm³/mol. The average Bonchev–Trinajstić information content (AvgIpc) is 2.53. The fourth-order valence-corrected chi connectivity index (χ4v) is 2.72. The molecule has 0 aliphatic rings. The Morgan fingerprint density at radius 2 is 1.90 bits per heavy atom. The number of aliphatic hydroxyl groups excluding tert-OH is 1. The van der Waals surface area contributed by atoms with E-state index in [1.807, 2.05) is 30.3 Å². The quantitative estimate of drug-likeness (QED) is 0.364. The van der Waals surface area contributed by atoms with Crippen molar-refractivity contribution >= 4 is 5.91 Å². The Hall–Kier alpha value is -1.43. The van der Waals surface area contributed by atoms with Crippen LogP contribution < -0.4 is 11.3 Å². The van der Waals surface area contributed by atoms with Crippen LogP contribution in [0, 0.1) is 0 Å². The van der Waals surface area contributed by atoms with Crippen molar-refractivity contribution in [2.45, 2.75) is 38.6 Å². The first kappa shape index (κ1) is 17.6. The van der Waals surface area contributed by atoms with Gasteiger partial charge in [-0.2, -0.15) is 0 Å². The fraction of sp³-hybridized carbons (Fsp3) is 0.562. The van der Waals surface area contributed by atoms with E-state index in [1.54, 1.807) is 0 Å². The molecule has 1 amide bonds. The van der Waals surface area contributed by atoms with Crippen LogP contribution in [0.15, 0.2) is 30.3 Å². The van der Waals surface area contributed by atoms with Crippen LogP contribution in [0.25, 0.3) is 0 Å². The number of aliphatic hydroxyl groups is 1. The Morgan fingerprint density at radius 1 is 1.29 bits per heavy atom. The molecule has 0 heterocycles. The molecule has 0 aromatic heterocycles. The van der Waals surface area contributed by atoms with Crippen molar-refractivity contribution in [2.75, 3.05) is 19.7 Å². The second-order valence-corrected chi connectivity index (χ2v) is 5.16. The minimum atomic E-state index is -0.330. The normalized spacial score (nSPS) is 12.7. The molecule has 0 saturated carbocycles. The van der Waals surface area contributed by atoms with Crippen LogP contribution >= 0.6 is 0 Å². The SMILES string of the molecule is CCC(CC)N(CCO)CC(C(=O)NN)c1ccccc1. The number of nitrogens with zero attached hydrogens (tertiary/aromatic N) is 1. The lowest BCUT2D eigenvalue weighted by atomic mass is 9.96. The van der Waals surface area contributed by atoms with Crippen LogP contribution in [0.2, 0.25) is 0 Å². The van der Waals surface area contributed by atoms with E-state index in [9.17, 15) is 9.90 Å². The summed E-state index contributed by atoms with van der Waals surface area (Å²) < 4.78 is 0. The molecule has 0 saturated heterocycles. The number of carbonyl (C=O) groups is 1. The minimum Gasteiger partial charge on any atom is -0.395 e. The highest BCUT2D eigenvalue weighted by molar-refractivity contribution is 5.83. The maximum Gasteiger partial charge on any atom is 0.242 e. The summed E-state index contributed by atoms with van der Waals surface area (Å²) in [6, 6.07) is 9.98. The first-order valence-corrected chi connectivity index (χ1v) is 7.58. The fourth-order valence-electron chi connectivity index (χ4n) is 2.72. The number of amides is 1. The van der Waals surface area contributed by atoms with Crippen molar-refractivity contribution in [3.8, 4) is 0 Å². The molecule has 0 fully saturated rings. The van der Waals surface area contributed by atoms with E-state index in [0.29, 0.717) is 19.1 Å². The lowest BCUT2D eigenvalue weighted by molar-refractivity contribution is -0.123. The summed E-state index contributed by atoms with van der Waals surface area (Å²) in [5.41, 5.74) is 3.20. The molecule has 118 valence electrons. The third-order valence-electron chi connectivity index (χ3n) is 3.92. The van der Waals surface area contributed by atoms with Crippen molar-refractivity contribution in [3.05, 3.63) is 35.9 Å². The third-order valence-corrected chi connectivity index (χ3v) is 3.92. The number of hydrazine groups is 1. The van der Waals surface area contributed by atoms with E-state index >= 15 is 0 Å². The van der Waals surface area contributed by atoms with Crippen molar-refractivity contribution < 1.29 is 9.90 Å². The van der Waals surface area contributed by atoms with Gasteiger partial charge < -0.3 is 5.11 Å². The second-order valence-electron chi connectivity index (χ2n) is 5.16. The molecule has 1 aromatic rings. The lowest BCUT2D eigenvalue weighted by Gasteiger charge is -2.32. The average molecular weight is 293 g/mol. The molecule has 4 N–H and O–H groups in total. The minimum absolute atomic E-state index is 0.0856. The van der Waals surface area contributed by atoms with Crippen molar-refractivity contribution in [1.82, 2.24) is 10.3 Å². The smallest absolute Gasteiger partial charge is 0.242 e. The van der Waals surface area contributed by atoms with E-state index in [1.165, 1.54) is 0 Å². The maximum atomic E-state index is 12.1. The Labute approximate surface area is 127 Å². The van der Waals surface area contributed by atoms with Crippen LogP contribution in [0.5, 0.6) is 0 Å². The number of hydrogen-bond donors (Lipinski definition) is 3. The van der Waals surface area contributed by atoms with Gasteiger partial charge in [-0.15, -0.1) is 0 Å². The monoisotopic (exact) mass is 293 g/mol. The van der Waals surface area contributed by atoms with Gasteiger partial charge in [-0.3, -0.25) is 15.1 Å². The Bertz CT molecular complexity index is 407.